The molecule has 0 aliphatic rings. The van der Waals surface area contributed by atoms with E-state index in [1.54, 1.807) is 12.1 Å². The fourth-order valence-corrected chi connectivity index (χ4v) is 1.89. The third kappa shape index (κ3) is 2.59. The van der Waals surface area contributed by atoms with Gasteiger partial charge in [-0.2, -0.15) is 0 Å². The lowest BCUT2D eigenvalue weighted by molar-refractivity contribution is 0.466. The fourth-order valence-electron chi connectivity index (χ4n) is 1.53. The molecular formula is C12H11Cl2NO. The summed E-state index contributed by atoms with van der Waals surface area (Å²) in [4.78, 5) is 0. The van der Waals surface area contributed by atoms with E-state index in [0.29, 0.717) is 17.4 Å². The first kappa shape index (κ1) is 11.5. The number of hydrogen-bond donors (Lipinski definition) is 1. The Bertz CT molecular complexity index is 481. The highest BCUT2D eigenvalue weighted by Crippen LogP contribution is 2.24. The second-order valence-corrected chi connectivity index (χ2v) is 4.32. The third-order valence-electron chi connectivity index (χ3n) is 2.36. The van der Waals surface area contributed by atoms with Gasteiger partial charge in [0.2, 0.25) is 0 Å². The average molecular weight is 256 g/mol. The molecule has 0 spiro atoms. The van der Waals surface area contributed by atoms with Crippen LogP contribution in [-0.2, 0) is 6.42 Å². The Labute approximate surface area is 104 Å². The maximum Gasteiger partial charge on any atom is 0.193 e. The van der Waals surface area contributed by atoms with Crippen LogP contribution in [0.25, 0.3) is 0 Å². The molecule has 84 valence electrons. The number of halogens is 2. The van der Waals surface area contributed by atoms with Crippen LogP contribution in [0.1, 0.15) is 17.4 Å². The molecule has 4 heteroatoms. The quantitative estimate of drug-likeness (QED) is 0.906. The van der Waals surface area contributed by atoms with Crippen LogP contribution in [0.2, 0.25) is 10.2 Å². The summed E-state index contributed by atoms with van der Waals surface area (Å²) in [5.41, 5.74) is 7.00. The molecule has 0 amide bonds. The highest BCUT2D eigenvalue weighted by atomic mass is 35.5. The van der Waals surface area contributed by atoms with E-state index in [0.717, 1.165) is 10.6 Å². The average Bonchev–Trinajstić information content (AvgIpc) is 2.68. The molecule has 16 heavy (non-hydrogen) atoms. The van der Waals surface area contributed by atoms with E-state index in [2.05, 4.69) is 0 Å². The van der Waals surface area contributed by atoms with E-state index in [1.165, 1.54) is 0 Å². The maximum atomic E-state index is 6.05. The molecule has 0 aliphatic carbocycles. The second-order valence-electron chi connectivity index (χ2n) is 3.54. The van der Waals surface area contributed by atoms with Crippen molar-refractivity contribution in [3.05, 3.63) is 58.0 Å². The van der Waals surface area contributed by atoms with Crippen LogP contribution in [0.5, 0.6) is 0 Å². The van der Waals surface area contributed by atoms with Gasteiger partial charge in [0.05, 0.1) is 6.04 Å². The van der Waals surface area contributed by atoms with Crippen molar-refractivity contribution in [2.45, 2.75) is 12.5 Å². The Morgan fingerprint density at radius 3 is 2.50 bits per heavy atom. The number of nitrogens with two attached hydrogens (primary N) is 1. The zero-order chi connectivity index (χ0) is 11.5. The molecule has 2 nitrogen and oxygen atoms in total. The lowest BCUT2D eigenvalue weighted by atomic mass is 10.0. The molecule has 1 atom stereocenters. The first-order chi connectivity index (χ1) is 7.66. The topological polar surface area (TPSA) is 39.2 Å². The highest BCUT2D eigenvalue weighted by molar-refractivity contribution is 6.31. The van der Waals surface area contributed by atoms with Crippen molar-refractivity contribution >= 4 is 23.2 Å². The van der Waals surface area contributed by atoms with Crippen LogP contribution in [-0.4, -0.2) is 0 Å². The summed E-state index contributed by atoms with van der Waals surface area (Å²) >= 11 is 11.7. The van der Waals surface area contributed by atoms with Gasteiger partial charge in [-0.1, -0.05) is 29.8 Å². The van der Waals surface area contributed by atoms with Crippen LogP contribution in [0.3, 0.4) is 0 Å². The maximum absolute atomic E-state index is 6.05. The van der Waals surface area contributed by atoms with Crippen LogP contribution in [0.4, 0.5) is 0 Å². The van der Waals surface area contributed by atoms with Gasteiger partial charge in [0.15, 0.2) is 5.22 Å². The minimum absolute atomic E-state index is 0.229. The summed E-state index contributed by atoms with van der Waals surface area (Å²) in [6.45, 7) is 0. The van der Waals surface area contributed by atoms with Gasteiger partial charge in [-0.05, 0) is 41.8 Å². The largest absolute Gasteiger partial charge is 0.448 e. The van der Waals surface area contributed by atoms with Crippen molar-refractivity contribution in [3.63, 3.8) is 0 Å². The molecular weight excluding hydrogens is 245 g/mol. The smallest absolute Gasteiger partial charge is 0.193 e. The van der Waals surface area contributed by atoms with E-state index in [4.69, 9.17) is 33.4 Å². The molecule has 0 radical (unpaired) electrons. The van der Waals surface area contributed by atoms with Crippen molar-refractivity contribution in [3.8, 4) is 0 Å². The standard InChI is InChI=1S/C12H11Cl2NO/c13-9-4-2-1-3-8(9)7-10(15)11-5-6-12(14)16-11/h1-6,10H,7,15H2. The lowest BCUT2D eigenvalue weighted by Crippen LogP contribution is -2.12. The molecule has 1 heterocycles. The fraction of sp³-hybridized carbons (Fsp3) is 0.167. The SMILES string of the molecule is NC(Cc1ccccc1Cl)c1ccc(Cl)o1. The number of rotatable bonds is 3. The minimum Gasteiger partial charge on any atom is -0.448 e. The first-order valence-corrected chi connectivity index (χ1v) is 5.66. The van der Waals surface area contributed by atoms with Gasteiger partial charge in [0.1, 0.15) is 5.76 Å². The summed E-state index contributed by atoms with van der Waals surface area (Å²) in [5.74, 6) is 0.671. The van der Waals surface area contributed by atoms with Gasteiger partial charge in [0.25, 0.3) is 0 Å². The van der Waals surface area contributed by atoms with Crippen molar-refractivity contribution in [2.24, 2.45) is 5.73 Å². The summed E-state index contributed by atoms with van der Waals surface area (Å²) in [6.07, 6.45) is 0.628. The normalized spacial score (nSPS) is 12.7. The Hall–Kier alpha value is -0.960. The van der Waals surface area contributed by atoms with Crippen molar-refractivity contribution in [2.75, 3.05) is 0 Å². The molecule has 2 rings (SSSR count). The molecule has 2 N–H and O–H groups in total. The minimum atomic E-state index is -0.229. The Balaban J connectivity index is 2.13. The highest BCUT2D eigenvalue weighted by Gasteiger charge is 2.12. The Morgan fingerprint density at radius 2 is 1.88 bits per heavy atom. The molecule has 0 bridgehead atoms. The predicted molar refractivity (Wildman–Crippen MR) is 65.8 cm³/mol. The summed E-state index contributed by atoms with van der Waals surface area (Å²) in [7, 11) is 0. The summed E-state index contributed by atoms with van der Waals surface area (Å²) in [5, 5.41) is 1.07. The van der Waals surface area contributed by atoms with E-state index in [1.807, 2.05) is 24.3 Å². The van der Waals surface area contributed by atoms with Gasteiger partial charge < -0.3 is 10.2 Å². The van der Waals surface area contributed by atoms with E-state index in [-0.39, 0.29) is 6.04 Å². The Morgan fingerprint density at radius 1 is 1.12 bits per heavy atom. The summed E-state index contributed by atoms with van der Waals surface area (Å²) in [6, 6.07) is 10.9. The molecule has 1 aromatic heterocycles. The van der Waals surface area contributed by atoms with Crippen LogP contribution in [0.15, 0.2) is 40.8 Å². The van der Waals surface area contributed by atoms with Gasteiger partial charge in [0, 0.05) is 5.02 Å². The van der Waals surface area contributed by atoms with E-state index in [9.17, 15) is 0 Å². The molecule has 1 unspecified atom stereocenters. The van der Waals surface area contributed by atoms with Gasteiger partial charge in [-0.25, -0.2) is 0 Å². The second kappa shape index (κ2) is 4.91. The van der Waals surface area contributed by atoms with Crippen LogP contribution < -0.4 is 5.73 Å². The molecule has 0 fully saturated rings. The van der Waals surface area contributed by atoms with E-state index < -0.39 is 0 Å². The molecule has 2 aromatic rings. The van der Waals surface area contributed by atoms with E-state index >= 15 is 0 Å². The molecule has 0 saturated carbocycles. The van der Waals surface area contributed by atoms with Crippen LogP contribution in [0, 0.1) is 0 Å². The third-order valence-corrected chi connectivity index (χ3v) is 2.93. The van der Waals surface area contributed by atoms with Crippen molar-refractivity contribution in [1.82, 2.24) is 0 Å². The zero-order valence-electron chi connectivity index (χ0n) is 8.49. The molecule has 1 aromatic carbocycles. The molecule has 0 saturated heterocycles. The lowest BCUT2D eigenvalue weighted by Gasteiger charge is -2.09. The van der Waals surface area contributed by atoms with Crippen LogP contribution >= 0.6 is 23.2 Å². The number of furan rings is 1. The zero-order valence-corrected chi connectivity index (χ0v) is 10.0. The number of benzene rings is 1. The van der Waals surface area contributed by atoms with Gasteiger partial charge in [-0.15, -0.1) is 0 Å². The monoisotopic (exact) mass is 255 g/mol. The number of hydrogen-bond acceptors (Lipinski definition) is 2. The Kier molecular flexibility index (Phi) is 3.54. The summed E-state index contributed by atoms with van der Waals surface area (Å²) < 4.78 is 5.25. The van der Waals surface area contributed by atoms with Crippen molar-refractivity contribution in [1.29, 1.82) is 0 Å². The predicted octanol–water partition coefficient (Wildman–Crippen LogP) is 3.83. The van der Waals surface area contributed by atoms with Crippen molar-refractivity contribution < 1.29 is 4.42 Å². The first-order valence-electron chi connectivity index (χ1n) is 4.91. The van der Waals surface area contributed by atoms with Gasteiger partial charge >= 0.3 is 0 Å². The molecule has 0 aliphatic heterocycles. The van der Waals surface area contributed by atoms with Gasteiger partial charge in [-0.3, -0.25) is 0 Å².